The van der Waals surface area contributed by atoms with Crippen LogP contribution in [-0.4, -0.2) is 45.9 Å². The lowest BCUT2D eigenvalue weighted by molar-refractivity contribution is -0.0587. The molecule has 1 aliphatic heterocycles. The van der Waals surface area contributed by atoms with Gasteiger partial charge in [0.2, 0.25) is 0 Å². The number of carbonyl (C=O) groups excluding carboxylic acids is 1. The summed E-state index contributed by atoms with van der Waals surface area (Å²) in [6.07, 6.45) is 1.86. The van der Waals surface area contributed by atoms with Gasteiger partial charge in [-0.25, -0.2) is 4.68 Å². The SMILES string of the molecule is Cc1cc(C)cc(OCn2ccc(C(=O)N3C[C@H](C)O[C@@H](C)C3)n2)c1. The van der Waals surface area contributed by atoms with Crippen LogP contribution in [0.3, 0.4) is 0 Å². The van der Waals surface area contributed by atoms with E-state index in [4.69, 9.17) is 9.47 Å². The first kappa shape index (κ1) is 17.5. The Morgan fingerprint density at radius 2 is 1.84 bits per heavy atom. The Morgan fingerprint density at radius 3 is 2.48 bits per heavy atom. The maximum Gasteiger partial charge on any atom is 0.274 e. The van der Waals surface area contributed by atoms with E-state index in [1.54, 1.807) is 21.8 Å². The van der Waals surface area contributed by atoms with Crippen molar-refractivity contribution in [3.05, 3.63) is 47.3 Å². The molecule has 3 rings (SSSR count). The number of carbonyl (C=O) groups is 1. The summed E-state index contributed by atoms with van der Waals surface area (Å²) in [5.41, 5.74) is 2.74. The van der Waals surface area contributed by atoms with Crippen molar-refractivity contribution < 1.29 is 14.3 Å². The number of benzene rings is 1. The second-order valence-corrected chi connectivity index (χ2v) is 6.80. The average Bonchev–Trinajstić information content (AvgIpc) is 2.99. The van der Waals surface area contributed by atoms with E-state index < -0.39 is 0 Å². The number of amides is 1. The van der Waals surface area contributed by atoms with Gasteiger partial charge in [-0.15, -0.1) is 0 Å². The molecule has 2 atom stereocenters. The van der Waals surface area contributed by atoms with E-state index in [0.29, 0.717) is 18.8 Å². The molecule has 0 spiro atoms. The van der Waals surface area contributed by atoms with Crippen LogP contribution in [0.15, 0.2) is 30.5 Å². The van der Waals surface area contributed by atoms with E-state index in [9.17, 15) is 4.79 Å². The fraction of sp³-hybridized carbons (Fsp3) is 0.474. The zero-order valence-corrected chi connectivity index (χ0v) is 15.2. The van der Waals surface area contributed by atoms with Crippen LogP contribution in [0, 0.1) is 13.8 Å². The van der Waals surface area contributed by atoms with Crippen molar-refractivity contribution in [3.63, 3.8) is 0 Å². The van der Waals surface area contributed by atoms with Gasteiger partial charge in [0.25, 0.3) is 5.91 Å². The number of aryl methyl sites for hydroxylation is 2. The first-order chi connectivity index (χ1) is 11.9. The molecule has 6 nitrogen and oxygen atoms in total. The summed E-state index contributed by atoms with van der Waals surface area (Å²) in [6.45, 7) is 9.48. The highest BCUT2D eigenvalue weighted by Gasteiger charge is 2.27. The molecule has 2 heterocycles. The topological polar surface area (TPSA) is 56.6 Å². The summed E-state index contributed by atoms with van der Waals surface area (Å²) >= 11 is 0. The van der Waals surface area contributed by atoms with Crippen molar-refractivity contribution in [1.82, 2.24) is 14.7 Å². The Bertz CT molecular complexity index is 726. The summed E-state index contributed by atoms with van der Waals surface area (Å²) in [7, 11) is 0. The molecule has 1 amide bonds. The number of nitrogens with zero attached hydrogens (tertiary/aromatic N) is 3. The third kappa shape index (κ3) is 4.39. The number of rotatable bonds is 4. The molecule has 1 fully saturated rings. The molecule has 0 unspecified atom stereocenters. The van der Waals surface area contributed by atoms with Gasteiger partial charge >= 0.3 is 0 Å². The minimum absolute atomic E-state index is 0.0441. The van der Waals surface area contributed by atoms with Gasteiger partial charge in [-0.05, 0) is 57.0 Å². The van der Waals surface area contributed by atoms with E-state index >= 15 is 0 Å². The standard InChI is InChI=1S/C19H25N3O3/c1-13-7-14(2)9-17(8-13)24-12-22-6-5-18(20-22)19(23)21-10-15(3)25-16(4)11-21/h5-9,15-16H,10-12H2,1-4H3/t15-,16-/m0/s1. The maximum absolute atomic E-state index is 12.6. The largest absolute Gasteiger partial charge is 0.471 e. The molecule has 25 heavy (non-hydrogen) atoms. The van der Waals surface area contributed by atoms with Crippen LogP contribution in [-0.2, 0) is 11.5 Å². The van der Waals surface area contributed by atoms with Gasteiger partial charge in [0, 0.05) is 19.3 Å². The van der Waals surface area contributed by atoms with Crippen LogP contribution in [0.4, 0.5) is 0 Å². The number of morpholine rings is 1. The highest BCUT2D eigenvalue weighted by molar-refractivity contribution is 5.92. The predicted octanol–water partition coefficient (Wildman–Crippen LogP) is 2.79. The van der Waals surface area contributed by atoms with E-state index in [0.717, 1.165) is 16.9 Å². The summed E-state index contributed by atoms with van der Waals surface area (Å²) in [4.78, 5) is 14.4. The van der Waals surface area contributed by atoms with E-state index in [1.165, 1.54) is 0 Å². The van der Waals surface area contributed by atoms with Crippen molar-refractivity contribution in [1.29, 1.82) is 0 Å². The highest BCUT2D eigenvalue weighted by Crippen LogP contribution is 2.17. The number of aromatic nitrogens is 2. The van der Waals surface area contributed by atoms with Crippen LogP contribution < -0.4 is 4.74 Å². The lowest BCUT2D eigenvalue weighted by Gasteiger charge is -2.34. The summed E-state index contributed by atoms with van der Waals surface area (Å²) < 4.78 is 13.1. The molecule has 0 bridgehead atoms. The van der Waals surface area contributed by atoms with Crippen molar-refractivity contribution in [2.75, 3.05) is 13.1 Å². The van der Waals surface area contributed by atoms with E-state index in [1.807, 2.05) is 39.8 Å². The van der Waals surface area contributed by atoms with Crippen LogP contribution in [0.5, 0.6) is 5.75 Å². The Hall–Kier alpha value is -2.34. The highest BCUT2D eigenvalue weighted by atomic mass is 16.5. The maximum atomic E-state index is 12.6. The third-order valence-electron chi connectivity index (χ3n) is 4.13. The van der Waals surface area contributed by atoms with Gasteiger partial charge in [-0.2, -0.15) is 5.10 Å². The van der Waals surface area contributed by atoms with E-state index in [2.05, 4.69) is 11.2 Å². The first-order valence-electron chi connectivity index (χ1n) is 8.60. The quantitative estimate of drug-likeness (QED) is 0.857. The fourth-order valence-electron chi connectivity index (χ4n) is 3.21. The first-order valence-corrected chi connectivity index (χ1v) is 8.60. The van der Waals surface area contributed by atoms with Crippen LogP contribution >= 0.6 is 0 Å². The van der Waals surface area contributed by atoms with Gasteiger partial charge in [0.1, 0.15) is 5.75 Å². The van der Waals surface area contributed by atoms with Gasteiger partial charge < -0.3 is 14.4 Å². The number of ether oxygens (including phenoxy) is 2. The molecule has 134 valence electrons. The zero-order chi connectivity index (χ0) is 18.0. The van der Waals surface area contributed by atoms with Crippen molar-refractivity contribution in [3.8, 4) is 5.75 Å². The molecule has 1 aliphatic rings. The molecule has 2 aromatic rings. The Labute approximate surface area is 148 Å². The summed E-state index contributed by atoms with van der Waals surface area (Å²) in [6, 6.07) is 7.80. The molecular formula is C19H25N3O3. The van der Waals surface area contributed by atoms with Gasteiger partial charge in [-0.3, -0.25) is 4.79 Å². The van der Waals surface area contributed by atoms with Gasteiger partial charge in [0.05, 0.1) is 12.2 Å². The average molecular weight is 343 g/mol. The molecule has 0 saturated carbocycles. The second kappa shape index (κ2) is 7.27. The zero-order valence-electron chi connectivity index (χ0n) is 15.2. The lowest BCUT2D eigenvalue weighted by Crippen LogP contribution is -2.48. The molecular weight excluding hydrogens is 318 g/mol. The smallest absolute Gasteiger partial charge is 0.274 e. The molecule has 0 N–H and O–H groups in total. The molecule has 1 aromatic carbocycles. The van der Waals surface area contributed by atoms with Crippen LogP contribution in [0.2, 0.25) is 0 Å². The number of hydrogen-bond acceptors (Lipinski definition) is 4. The van der Waals surface area contributed by atoms with Gasteiger partial charge in [-0.1, -0.05) is 6.07 Å². The molecule has 6 heteroatoms. The van der Waals surface area contributed by atoms with Crippen molar-refractivity contribution in [2.24, 2.45) is 0 Å². The Balaban J connectivity index is 1.62. The minimum atomic E-state index is -0.0628. The Kier molecular flexibility index (Phi) is 5.08. The monoisotopic (exact) mass is 343 g/mol. The Morgan fingerprint density at radius 1 is 1.20 bits per heavy atom. The van der Waals surface area contributed by atoms with Gasteiger partial charge in [0.15, 0.2) is 12.4 Å². The normalized spacial score (nSPS) is 20.6. The van der Waals surface area contributed by atoms with Crippen molar-refractivity contribution in [2.45, 2.75) is 46.6 Å². The fourth-order valence-corrected chi connectivity index (χ4v) is 3.21. The predicted molar refractivity (Wildman–Crippen MR) is 94.7 cm³/mol. The van der Waals surface area contributed by atoms with Crippen LogP contribution in [0.25, 0.3) is 0 Å². The summed E-state index contributed by atoms with van der Waals surface area (Å²) in [5.74, 6) is 0.740. The second-order valence-electron chi connectivity index (χ2n) is 6.80. The molecule has 0 aliphatic carbocycles. The lowest BCUT2D eigenvalue weighted by atomic mass is 10.1. The molecule has 0 radical (unpaired) electrons. The van der Waals surface area contributed by atoms with E-state index in [-0.39, 0.29) is 24.8 Å². The minimum Gasteiger partial charge on any atom is -0.471 e. The van der Waals surface area contributed by atoms with Crippen LogP contribution in [0.1, 0.15) is 35.5 Å². The number of hydrogen-bond donors (Lipinski definition) is 0. The third-order valence-corrected chi connectivity index (χ3v) is 4.13. The summed E-state index contributed by atoms with van der Waals surface area (Å²) in [5, 5.41) is 4.36. The van der Waals surface area contributed by atoms with Crippen molar-refractivity contribution >= 4 is 5.91 Å². The molecule has 1 saturated heterocycles. The molecule has 1 aromatic heterocycles.